The van der Waals surface area contributed by atoms with Crippen molar-refractivity contribution in [3.8, 4) is 17.2 Å². The number of hydrogen-bond acceptors (Lipinski definition) is 7. The van der Waals surface area contributed by atoms with Crippen LogP contribution in [0.15, 0.2) is 52.9 Å². The third-order valence-electron chi connectivity index (χ3n) is 5.46. The summed E-state index contributed by atoms with van der Waals surface area (Å²) in [5, 5.41) is 13.8. The molecule has 1 aliphatic rings. The van der Waals surface area contributed by atoms with E-state index in [1.54, 1.807) is 11.8 Å². The minimum Gasteiger partial charge on any atom is -0.493 e. The maximum absolute atomic E-state index is 12.7. The predicted octanol–water partition coefficient (Wildman–Crippen LogP) is 4.21. The minimum absolute atomic E-state index is 0.0916. The summed E-state index contributed by atoms with van der Waals surface area (Å²) in [5.74, 6) is 3.46. The Labute approximate surface area is 198 Å². The van der Waals surface area contributed by atoms with Crippen molar-refractivity contribution >= 4 is 29.0 Å². The van der Waals surface area contributed by atoms with Crippen LogP contribution in [-0.2, 0) is 10.5 Å². The van der Waals surface area contributed by atoms with Crippen LogP contribution in [0, 0.1) is 0 Å². The first kappa shape index (κ1) is 23.1. The molecule has 3 aromatic rings. The van der Waals surface area contributed by atoms with Gasteiger partial charge in [-0.2, -0.15) is 5.01 Å². The van der Waals surface area contributed by atoms with Crippen molar-refractivity contribution in [3.05, 3.63) is 54.4 Å². The van der Waals surface area contributed by atoms with Crippen LogP contribution in [0.4, 0.5) is 11.4 Å². The second kappa shape index (κ2) is 10.3. The van der Waals surface area contributed by atoms with Crippen molar-refractivity contribution in [1.82, 2.24) is 10.2 Å². The molecule has 0 fully saturated rings. The van der Waals surface area contributed by atoms with Crippen molar-refractivity contribution in [3.63, 3.8) is 0 Å². The molecule has 1 N–H and O–H groups in total. The Morgan fingerprint density at radius 2 is 2.03 bits per heavy atom. The number of likely N-dealkylation sites (N-methyl/N-ethyl adjacent to an activating group) is 1. The van der Waals surface area contributed by atoms with Crippen molar-refractivity contribution in [1.29, 1.82) is 0 Å². The molecule has 0 saturated carbocycles. The van der Waals surface area contributed by atoms with E-state index in [4.69, 9.17) is 9.15 Å². The maximum Gasteiger partial charge on any atom is 0.272 e. The largest absolute Gasteiger partial charge is 0.493 e. The first-order valence-electron chi connectivity index (χ1n) is 11.1. The number of quaternary nitrogens is 1. The lowest BCUT2D eigenvalue weighted by Gasteiger charge is -2.41. The summed E-state index contributed by atoms with van der Waals surface area (Å²) in [4.78, 5) is 12.7. The molecule has 9 heteroatoms. The van der Waals surface area contributed by atoms with Gasteiger partial charge in [-0.15, -0.1) is 22.0 Å². The predicted molar refractivity (Wildman–Crippen MR) is 131 cm³/mol. The van der Waals surface area contributed by atoms with Crippen molar-refractivity contribution < 1.29 is 18.5 Å². The molecule has 0 unspecified atom stereocenters. The average molecular weight is 469 g/mol. The Morgan fingerprint density at radius 1 is 1.21 bits per heavy atom. The second-order valence-electron chi connectivity index (χ2n) is 8.28. The van der Waals surface area contributed by atoms with Crippen LogP contribution in [0.3, 0.4) is 0 Å². The van der Waals surface area contributed by atoms with E-state index in [9.17, 15) is 4.79 Å². The molecule has 33 heavy (non-hydrogen) atoms. The first-order valence-corrected chi connectivity index (χ1v) is 12.3. The van der Waals surface area contributed by atoms with E-state index in [0.717, 1.165) is 41.5 Å². The molecular formula is C24H30N5O3S+. The van der Waals surface area contributed by atoms with Crippen LogP contribution in [-0.4, -0.2) is 60.2 Å². The van der Waals surface area contributed by atoms with Gasteiger partial charge in [0, 0.05) is 17.9 Å². The zero-order valence-electron chi connectivity index (χ0n) is 19.3. The maximum atomic E-state index is 12.7. The highest BCUT2D eigenvalue weighted by Gasteiger charge is 2.33. The molecule has 0 spiro atoms. The van der Waals surface area contributed by atoms with Gasteiger partial charge in [-0.3, -0.25) is 4.79 Å². The Morgan fingerprint density at radius 3 is 2.82 bits per heavy atom. The molecule has 4 rings (SSSR count). The van der Waals surface area contributed by atoms with Gasteiger partial charge in [0.15, 0.2) is 0 Å². The fourth-order valence-corrected chi connectivity index (χ4v) is 4.42. The minimum atomic E-state index is 0.0916. The average Bonchev–Trinajstić information content (AvgIpc) is 3.27. The van der Waals surface area contributed by atoms with Gasteiger partial charge in [0.2, 0.25) is 11.8 Å². The standard InChI is InChI=1S/C24H30N5O3S/c1-4-23(30)28-18-10-11-20(21(16-18)25-12-13-29(28,2)3)24-27-26-22(32-24)17-33-15-14-31-19-8-6-5-7-9-19/h5-11,16,25H,4,12-15,17H2,1-3H3/q+1. The molecule has 174 valence electrons. The highest BCUT2D eigenvalue weighted by Crippen LogP contribution is 2.34. The van der Waals surface area contributed by atoms with E-state index in [1.807, 2.05) is 74.6 Å². The highest BCUT2D eigenvalue weighted by atomic mass is 32.2. The summed E-state index contributed by atoms with van der Waals surface area (Å²) < 4.78 is 12.1. The lowest BCUT2D eigenvalue weighted by Crippen LogP contribution is -2.59. The Bertz CT molecular complexity index is 1090. The summed E-state index contributed by atoms with van der Waals surface area (Å²) >= 11 is 1.69. The van der Waals surface area contributed by atoms with Crippen molar-refractivity contribution in [2.45, 2.75) is 19.1 Å². The Hall–Kier alpha value is -3.04. The Kier molecular flexibility index (Phi) is 7.20. The van der Waals surface area contributed by atoms with Crippen LogP contribution in [0.25, 0.3) is 11.5 Å². The molecule has 8 nitrogen and oxygen atoms in total. The molecule has 0 radical (unpaired) electrons. The molecule has 0 aliphatic carbocycles. The van der Waals surface area contributed by atoms with Gasteiger partial charge >= 0.3 is 0 Å². The lowest BCUT2D eigenvalue weighted by atomic mass is 10.1. The summed E-state index contributed by atoms with van der Waals surface area (Å²) in [5.41, 5.74) is 2.58. The summed E-state index contributed by atoms with van der Waals surface area (Å²) in [6.07, 6.45) is 0.452. The summed E-state index contributed by atoms with van der Waals surface area (Å²) in [6.45, 7) is 3.99. The lowest BCUT2D eigenvalue weighted by molar-refractivity contribution is -0.890. The number of amides is 1. The van der Waals surface area contributed by atoms with E-state index in [1.165, 1.54) is 0 Å². The number of hydrogen-bond donors (Lipinski definition) is 1. The van der Waals surface area contributed by atoms with Crippen molar-refractivity contribution in [2.75, 3.05) is 49.9 Å². The molecule has 2 aromatic carbocycles. The molecular weight excluding hydrogens is 438 g/mol. The van der Waals surface area contributed by atoms with Crippen molar-refractivity contribution in [2.24, 2.45) is 0 Å². The van der Waals surface area contributed by atoms with Gasteiger partial charge in [-0.05, 0) is 30.3 Å². The quantitative estimate of drug-likeness (QED) is 0.392. The van der Waals surface area contributed by atoms with Gasteiger partial charge in [-0.25, -0.2) is 4.59 Å². The third kappa shape index (κ3) is 5.48. The number of nitrogens with one attached hydrogen (secondary N) is 1. The normalized spacial score (nSPS) is 14.8. The van der Waals surface area contributed by atoms with Crippen LogP contribution in [0.2, 0.25) is 0 Å². The fraction of sp³-hybridized carbons (Fsp3) is 0.375. The van der Waals surface area contributed by atoms with E-state index < -0.39 is 0 Å². The van der Waals surface area contributed by atoms with Crippen LogP contribution >= 0.6 is 11.8 Å². The number of carbonyl (C=O) groups excluding carboxylic acids is 1. The third-order valence-corrected chi connectivity index (χ3v) is 6.37. The van der Waals surface area contributed by atoms with E-state index >= 15 is 0 Å². The number of fused-ring (bicyclic) bond motifs is 2. The number of rotatable bonds is 8. The first-order chi connectivity index (χ1) is 16.0. The number of aromatic nitrogens is 2. The van der Waals surface area contributed by atoms with Gasteiger partial charge < -0.3 is 14.5 Å². The fourth-order valence-electron chi connectivity index (χ4n) is 3.78. The monoisotopic (exact) mass is 468 g/mol. The zero-order valence-corrected chi connectivity index (χ0v) is 20.1. The topological polar surface area (TPSA) is 80.5 Å². The number of ether oxygens (including phenoxy) is 1. The Balaban J connectivity index is 1.41. The molecule has 0 atom stereocenters. The number of benzene rings is 2. The molecule has 1 aliphatic heterocycles. The molecule has 1 amide bonds. The molecule has 1 aromatic heterocycles. The SMILES string of the molecule is CCC(=O)N1c2ccc(-c3nnc(CSCCOc4ccccc4)o3)c(c2)NCC[N+]1(C)C. The highest BCUT2D eigenvalue weighted by molar-refractivity contribution is 7.98. The van der Waals surface area contributed by atoms with Gasteiger partial charge in [-0.1, -0.05) is 25.1 Å². The van der Waals surface area contributed by atoms with E-state index in [0.29, 0.717) is 35.2 Å². The van der Waals surface area contributed by atoms with Crippen LogP contribution in [0.5, 0.6) is 5.75 Å². The summed E-state index contributed by atoms with van der Waals surface area (Å²) in [7, 11) is 4.09. The smallest absolute Gasteiger partial charge is 0.272 e. The van der Waals surface area contributed by atoms with Crippen LogP contribution < -0.4 is 15.1 Å². The number of thioether (sulfide) groups is 1. The molecule has 2 bridgehead atoms. The van der Waals surface area contributed by atoms with Gasteiger partial charge in [0.1, 0.15) is 12.3 Å². The number of anilines is 2. The summed E-state index contributed by atoms with van der Waals surface area (Å²) in [6, 6.07) is 15.7. The second-order valence-corrected chi connectivity index (χ2v) is 9.38. The van der Waals surface area contributed by atoms with Crippen LogP contribution in [0.1, 0.15) is 19.2 Å². The van der Waals surface area contributed by atoms with E-state index in [-0.39, 0.29) is 5.91 Å². The zero-order chi connectivity index (χ0) is 23.3. The number of para-hydroxylation sites is 1. The molecule has 2 heterocycles. The van der Waals surface area contributed by atoms with E-state index in [2.05, 4.69) is 15.5 Å². The van der Waals surface area contributed by atoms with Gasteiger partial charge in [0.25, 0.3) is 5.91 Å². The van der Waals surface area contributed by atoms with Gasteiger partial charge in [0.05, 0.1) is 44.3 Å². The number of carbonyl (C=O) groups is 1. The molecule has 0 saturated heterocycles. The number of nitrogens with zero attached hydrogens (tertiary/aromatic N) is 4.